The van der Waals surface area contributed by atoms with Gasteiger partial charge in [0.25, 0.3) is 0 Å². The zero-order valence-electron chi connectivity index (χ0n) is 18.2. The zero-order valence-corrected chi connectivity index (χ0v) is 18.2. The van der Waals surface area contributed by atoms with Crippen LogP contribution in [-0.4, -0.2) is 26.5 Å². The number of hydrogen-bond donors (Lipinski definition) is 1. The average molecular weight is 415 g/mol. The van der Waals surface area contributed by atoms with E-state index in [1.165, 1.54) is 12.5 Å². The van der Waals surface area contributed by atoms with Crippen molar-refractivity contribution in [1.29, 1.82) is 0 Å². The highest BCUT2D eigenvalue weighted by Gasteiger charge is 2.28. The van der Waals surface area contributed by atoms with Crippen LogP contribution in [0.3, 0.4) is 0 Å². The monoisotopic (exact) mass is 414 g/mol. The molecule has 0 bridgehead atoms. The van der Waals surface area contributed by atoms with Gasteiger partial charge < -0.3 is 10.2 Å². The Morgan fingerprint density at radius 2 is 1.74 bits per heavy atom. The second-order valence-corrected chi connectivity index (χ2v) is 7.93. The molecule has 0 saturated heterocycles. The summed E-state index contributed by atoms with van der Waals surface area (Å²) in [6.07, 6.45) is 3.83. The summed E-state index contributed by atoms with van der Waals surface area (Å²) in [7, 11) is 0. The number of fused-ring (bicyclic) bond motifs is 1. The molecule has 0 radical (unpaired) electrons. The Bertz CT molecular complexity index is 1170. The Balaban J connectivity index is 1.58. The fraction of sp³-hybridized carbons (Fsp3) is 0.240. The molecule has 6 nitrogen and oxygen atoms in total. The number of nitrogens with one attached hydrogen (secondary N) is 1. The van der Waals surface area contributed by atoms with Crippen molar-refractivity contribution in [3.8, 4) is 5.69 Å². The molecule has 31 heavy (non-hydrogen) atoms. The molecular weight excluding hydrogens is 388 g/mol. The molecule has 0 fully saturated rings. The van der Waals surface area contributed by atoms with Crippen molar-refractivity contribution in [2.75, 3.05) is 5.32 Å². The van der Waals surface area contributed by atoms with Crippen LogP contribution >= 0.6 is 0 Å². The Hall–Kier alpha value is -3.67. The lowest BCUT2D eigenvalue weighted by Gasteiger charge is -2.32. The number of rotatable bonds is 4. The molecule has 2 amide bonds. The van der Waals surface area contributed by atoms with E-state index in [1.54, 1.807) is 11.1 Å². The average Bonchev–Trinajstić information content (AvgIpc) is 3.02. The number of benzene rings is 2. The highest BCUT2D eigenvalue weighted by atomic mass is 16.2. The summed E-state index contributed by atoms with van der Waals surface area (Å²) >= 11 is 0. The molecule has 2 heterocycles. The van der Waals surface area contributed by atoms with Crippen molar-refractivity contribution in [2.45, 2.75) is 40.2 Å². The second kappa shape index (κ2) is 8.22. The lowest BCUT2D eigenvalue weighted by Crippen LogP contribution is -2.33. The molecule has 158 valence electrons. The first-order valence-electron chi connectivity index (χ1n) is 10.3. The van der Waals surface area contributed by atoms with Gasteiger partial charge in [-0.05, 0) is 50.1 Å². The molecule has 2 aromatic carbocycles. The van der Waals surface area contributed by atoms with E-state index in [0.717, 1.165) is 28.2 Å². The van der Waals surface area contributed by atoms with Crippen LogP contribution in [0.4, 0.5) is 5.69 Å². The molecule has 0 saturated carbocycles. The Morgan fingerprint density at radius 3 is 2.45 bits per heavy atom. The zero-order chi connectivity index (χ0) is 22.1. The molecule has 1 N–H and O–H groups in total. The van der Waals surface area contributed by atoms with Gasteiger partial charge in [0.15, 0.2) is 0 Å². The smallest absolute Gasteiger partial charge is 0.226 e. The van der Waals surface area contributed by atoms with Gasteiger partial charge in [-0.3, -0.25) is 9.59 Å². The molecule has 1 aliphatic heterocycles. The van der Waals surface area contributed by atoms with Crippen LogP contribution in [0.15, 0.2) is 54.7 Å². The van der Waals surface area contributed by atoms with E-state index in [0.29, 0.717) is 5.69 Å². The molecule has 0 spiro atoms. The Kier molecular flexibility index (Phi) is 5.46. The van der Waals surface area contributed by atoms with Gasteiger partial charge in [-0.25, -0.2) is 4.68 Å². The summed E-state index contributed by atoms with van der Waals surface area (Å²) in [4.78, 5) is 26.8. The first kappa shape index (κ1) is 20.6. The van der Waals surface area contributed by atoms with E-state index in [9.17, 15) is 9.59 Å². The van der Waals surface area contributed by atoms with Gasteiger partial charge in [0.2, 0.25) is 11.8 Å². The predicted octanol–water partition coefficient (Wildman–Crippen LogP) is 4.70. The molecule has 0 aliphatic carbocycles. The summed E-state index contributed by atoms with van der Waals surface area (Å²) in [5.74, 6) is -0.251. The van der Waals surface area contributed by atoms with Gasteiger partial charge in [0, 0.05) is 13.1 Å². The van der Waals surface area contributed by atoms with Crippen molar-refractivity contribution < 1.29 is 9.59 Å². The lowest BCUT2D eigenvalue weighted by molar-refractivity contribution is -0.129. The Labute approximate surface area is 182 Å². The van der Waals surface area contributed by atoms with E-state index in [-0.39, 0.29) is 24.3 Å². The van der Waals surface area contributed by atoms with Crippen molar-refractivity contribution in [3.63, 3.8) is 0 Å². The summed E-state index contributed by atoms with van der Waals surface area (Å²) < 4.78 is 1.84. The number of amides is 2. The maximum atomic E-state index is 13.0. The molecule has 3 aromatic rings. The number of nitrogens with zero attached hydrogens (tertiary/aromatic N) is 3. The van der Waals surface area contributed by atoms with E-state index in [1.807, 2.05) is 80.1 Å². The van der Waals surface area contributed by atoms with Crippen LogP contribution in [-0.2, 0) is 9.59 Å². The van der Waals surface area contributed by atoms with Crippen molar-refractivity contribution in [1.82, 2.24) is 14.7 Å². The van der Waals surface area contributed by atoms with Crippen LogP contribution in [0.2, 0.25) is 0 Å². The van der Waals surface area contributed by atoms with Gasteiger partial charge in [0.05, 0.1) is 35.2 Å². The molecule has 1 aliphatic rings. The van der Waals surface area contributed by atoms with E-state index >= 15 is 0 Å². The molecule has 6 heteroatoms. The predicted molar refractivity (Wildman–Crippen MR) is 122 cm³/mol. The van der Waals surface area contributed by atoms with Crippen molar-refractivity contribution in [3.05, 3.63) is 82.8 Å². The largest absolute Gasteiger partial charge is 0.323 e. The van der Waals surface area contributed by atoms with E-state index in [4.69, 9.17) is 0 Å². The fourth-order valence-electron chi connectivity index (χ4n) is 4.04. The minimum Gasteiger partial charge on any atom is -0.323 e. The van der Waals surface area contributed by atoms with E-state index < -0.39 is 0 Å². The number of aryl methyl sites for hydroxylation is 2. The van der Waals surface area contributed by atoms with Crippen molar-refractivity contribution >= 4 is 23.6 Å². The number of hydrogen-bond acceptors (Lipinski definition) is 3. The first-order valence-corrected chi connectivity index (χ1v) is 10.3. The Morgan fingerprint density at radius 1 is 1.03 bits per heavy atom. The van der Waals surface area contributed by atoms with E-state index in [2.05, 4.69) is 10.4 Å². The van der Waals surface area contributed by atoms with Crippen LogP contribution < -0.4 is 5.32 Å². The maximum absolute atomic E-state index is 13.0. The third-order valence-corrected chi connectivity index (χ3v) is 5.68. The normalized spacial score (nSPS) is 15.0. The highest BCUT2D eigenvalue weighted by molar-refractivity contribution is 5.93. The second-order valence-electron chi connectivity index (χ2n) is 7.93. The summed E-state index contributed by atoms with van der Waals surface area (Å²) in [5.41, 5.74) is 6.44. The van der Waals surface area contributed by atoms with Crippen LogP contribution in [0, 0.1) is 20.8 Å². The van der Waals surface area contributed by atoms with Crippen molar-refractivity contribution in [2.24, 2.45) is 0 Å². The standard InChI is InChI=1S/C25H26N4O2/c1-16-9-11-21(12-10-16)29-18(3)25(17(2)27-29)26-24(31)15-23-22-8-6-5-7-20(22)13-14-28(23)19(4)30/h5-14,23H,15H2,1-4H3,(H,26,31). The molecule has 1 unspecified atom stereocenters. The highest BCUT2D eigenvalue weighted by Crippen LogP contribution is 2.33. The van der Waals surface area contributed by atoms with Gasteiger partial charge in [-0.1, -0.05) is 42.0 Å². The topological polar surface area (TPSA) is 67.2 Å². The SMILES string of the molecule is CC(=O)N1C=Cc2ccccc2C1CC(=O)Nc1c(C)nn(-c2ccc(C)cc2)c1C. The number of carbonyl (C=O) groups excluding carboxylic acids is 2. The molecule has 1 atom stereocenters. The third kappa shape index (κ3) is 4.01. The maximum Gasteiger partial charge on any atom is 0.226 e. The van der Waals surface area contributed by atoms with Gasteiger partial charge >= 0.3 is 0 Å². The lowest BCUT2D eigenvalue weighted by atomic mass is 9.93. The molecule has 1 aromatic heterocycles. The summed E-state index contributed by atoms with van der Waals surface area (Å²) in [6, 6.07) is 15.6. The summed E-state index contributed by atoms with van der Waals surface area (Å²) in [6.45, 7) is 7.38. The summed E-state index contributed by atoms with van der Waals surface area (Å²) in [5, 5.41) is 7.65. The first-order chi connectivity index (χ1) is 14.8. The number of anilines is 1. The number of aromatic nitrogens is 2. The van der Waals surface area contributed by atoms with Gasteiger partial charge in [-0.15, -0.1) is 0 Å². The van der Waals surface area contributed by atoms with Crippen LogP contribution in [0.5, 0.6) is 0 Å². The third-order valence-electron chi connectivity index (χ3n) is 5.68. The fourth-order valence-corrected chi connectivity index (χ4v) is 4.04. The van der Waals surface area contributed by atoms with Crippen LogP contribution in [0.25, 0.3) is 11.8 Å². The minimum atomic E-state index is -0.341. The van der Waals surface area contributed by atoms with Crippen LogP contribution in [0.1, 0.15) is 47.5 Å². The number of carbonyl (C=O) groups is 2. The van der Waals surface area contributed by atoms with Gasteiger partial charge in [0.1, 0.15) is 0 Å². The van der Waals surface area contributed by atoms with Gasteiger partial charge in [-0.2, -0.15) is 5.10 Å². The quantitative estimate of drug-likeness (QED) is 0.673. The molecule has 4 rings (SSSR count). The minimum absolute atomic E-state index is 0.0943. The molecular formula is C25H26N4O2.